The number of rotatable bonds is 3. The third kappa shape index (κ3) is 2.56. The fourth-order valence-corrected chi connectivity index (χ4v) is 1.47. The third-order valence-electron chi connectivity index (χ3n) is 2.40. The Bertz CT molecular complexity index is 282. The average Bonchev–Trinajstić information content (AvgIpc) is 2.08. The van der Waals surface area contributed by atoms with Gasteiger partial charge in [-0.15, -0.1) is 0 Å². The molecule has 0 heterocycles. The molecule has 0 saturated carbocycles. The van der Waals surface area contributed by atoms with Crippen LogP contribution >= 0.6 is 0 Å². The highest BCUT2D eigenvalue weighted by molar-refractivity contribution is 5.32. The second-order valence-electron chi connectivity index (χ2n) is 3.87. The summed E-state index contributed by atoms with van der Waals surface area (Å²) in [6, 6.07) is 6.74. The van der Waals surface area contributed by atoms with E-state index in [1.165, 1.54) is 16.7 Å². The molecule has 1 aromatic rings. The molecule has 0 atom stereocenters. The summed E-state index contributed by atoms with van der Waals surface area (Å²) in [4.78, 5) is 0. The maximum Gasteiger partial charge on any atom is 0.0205 e. The van der Waals surface area contributed by atoms with Crippen LogP contribution in [0.4, 0.5) is 0 Å². The first-order chi connectivity index (χ1) is 6.15. The van der Waals surface area contributed by atoms with Gasteiger partial charge in [-0.2, -0.15) is 0 Å². The summed E-state index contributed by atoms with van der Waals surface area (Å²) in [6.45, 7) is 7.60. The summed E-state index contributed by atoms with van der Waals surface area (Å²) in [7, 11) is 1.98. The van der Waals surface area contributed by atoms with Crippen LogP contribution < -0.4 is 5.32 Å². The van der Waals surface area contributed by atoms with E-state index in [1.54, 1.807) is 0 Å². The first kappa shape index (κ1) is 10.3. The van der Waals surface area contributed by atoms with E-state index in [4.69, 9.17) is 0 Å². The Hall–Kier alpha value is -0.820. The molecule has 0 unspecified atom stereocenters. The first-order valence-electron chi connectivity index (χ1n) is 4.89. The van der Waals surface area contributed by atoms with E-state index >= 15 is 0 Å². The van der Waals surface area contributed by atoms with Gasteiger partial charge in [0.1, 0.15) is 0 Å². The summed E-state index contributed by atoms with van der Waals surface area (Å²) in [5, 5.41) is 3.17. The molecule has 1 nitrogen and oxygen atoms in total. The summed E-state index contributed by atoms with van der Waals surface area (Å²) in [6.07, 6.45) is 0. The highest BCUT2D eigenvalue weighted by Crippen LogP contribution is 2.18. The zero-order valence-corrected chi connectivity index (χ0v) is 9.02. The minimum atomic E-state index is 0. The predicted molar refractivity (Wildman–Crippen MR) is 60.1 cm³/mol. The van der Waals surface area contributed by atoms with Crippen molar-refractivity contribution in [1.29, 1.82) is 0 Å². The lowest BCUT2D eigenvalue weighted by Gasteiger charge is -2.10. The molecule has 0 aromatic heterocycles. The quantitative estimate of drug-likeness (QED) is 0.752. The molecule has 0 aliphatic carbocycles. The molecule has 0 aliphatic heterocycles. The van der Waals surface area contributed by atoms with Crippen molar-refractivity contribution in [1.82, 2.24) is 5.32 Å². The molecule has 1 N–H and O–H groups in total. The Balaban J connectivity index is 0.00000169. The Morgan fingerprint density at radius 1 is 1.38 bits per heavy atom. The Labute approximate surface area is 82.7 Å². The fourth-order valence-electron chi connectivity index (χ4n) is 1.47. The molecule has 0 aliphatic rings. The van der Waals surface area contributed by atoms with Crippen molar-refractivity contribution in [2.75, 3.05) is 7.05 Å². The maximum absolute atomic E-state index is 3.17. The topological polar surface area (TPSA) is 12.0 Å². The standard InChI is InChI=1S/C12H19N.H2/c1-9(2)11-5-6-12(8-13-4)10(3)7-11;/h5-7,9,13H,8H2,1-4H3;1H. The molecule has 1 aromatic carbocycles. The van der Waals surface area contributed by atoms with Crippen LogP contribution in [-0.4, -0.2) is 7.05 Å². The largest absolute Gasteiger partial charge is 0.316 e. The van der Waals surface area contributed by atoms with Crippen molar-refractivity contribution in [3.63, 3.8) is 0 Å². The molecular formula is C12H21N. The van der Waals surface area contributed by atoms with E-state index in [1.807, 2.05) is 7.05 Å². The Kier molecular flexibility index (Phi) is 3.49. The SMILES string of the molecule is CNCc1ccc(C(C)C)cc1C.[HH]. The Morgan fingerprint density at radius 2 is 2.08 bits per heavy atom. The molecule has 0 fully saturated rings. The first-order valence-corrected chi connectivity index (χ1v) is 4.89. The van der Waals surface area contributed by atoms with Gasteiger partial charge in [-0.25, -0.2) is 0 Å². The van der Waals surface area contributed by atoms with Crippen LogP contribution in [0, 0.1) is 6.92 Å². The minimum absolute atomic E-state index is 0. The van der Waals surface area contributed by atoms with E-state index in [2.05, 4.69) is 44.3 Å². The van der Waals surface area contributed by atoms with Crippen LogP contribution in [0.1, 0.15) is 37.9 Å². The normalized spacial score (nSPS) is 10.8. The van der Waals surface area contributed by atoms with Gasteiger partial charge in [0.15, 0.2) is 0 Å². The van der Waals surface area contributed by atoms with Crippen molar-refractivity contribution < 1.29 is 1.43 Å². The van der Waals surface area contributed by atoms with Crippen molar-refractivity contribution in [2.24, 2.45) is 0 Å². The van der Waals surface area contributed by atoms with E-state index in [0.717, 1.165) is 6.54 Å². The monoisotopic (exact) mass is 179 g/mol. The van der Waals surface area contributed by atoms with Gasteiger partial charge < -0.3 is 5.32 Å². The fraction of sp³-hybridized carbons (Fsp3) is 0.500. The van der Waals surface area contributed by atoms with Crippen LogP contribution in [0.25, 0.3) is 0 Å². The van der Waals surface area contributed by atoms with Gasteiger partial charge in [0.05, 0.1) is 0 Å². The lowest BCUT2D eigenvalue weighted by atomic mass is 9.98. The minimum Gasteiger partial charge on any atom is -0.316 e. The van der Waals surface area contributed by atoms with Gasteiger partial charge >= 0.3 is 0 Å². The van der Waals surface area contributed by atoms with Crippen LogP contribution in [-0.2, 0) is 6.54 Å². The van der Waals surface area contributed by atoms with Gasteiger partial charge in [0.25, 0.3) is 0 Å². The second kappa shape index (κ2) is 4.43. The number of benzene rings is 1. The van der Waals surface area contributed by atoms with Crippen LogP contribution in [0.5, 0.6) is 0 Å². The van der Waals surface area contributed by atoms with E-state index in [9.17, 15) is 0 Å². The summed E-state index contributed by atoms with van der Waals surface area (Å²) < 4.78 is 0. The predicted octanol–water partition coefficient (Wildman–Crippen LogP) is 3.08. The zero-order valence-electron chi connectivity index (χ0n) is 9.02. The summed E-state index contributed by atoms with van der Waals surface area (Å²) in [5.74, 6) is 0.627. The molecule has 1 heteroatoms. The third-order valence-corrected chi connectivity index (χ3v) is 2.40. The van der Waals surface area contributed by atoms with Gasteiger partial charge in [0.2, 0.25) is 0 Å². The number of hydrogen-bond donors (Lipinski definition) is 1. The molecule has 1 rings (SSSR count). The van der Waals surface area contributed by atoms with E-state index < -0.39 is 0 Å². The lowest BCUT2D eigenvalue weighted by Crippen LogP contribution is -2.06. The van der Waals surface area contributed by atoms with Crippen LogP contribution in [0.15, 0.2) is 18.2 Å². The van der Waals surface area contributed by atoms with Gasteiger partial charge in [-0.3, -0.25) is 0 Å². The van der Waals surface area contributed by atoms with Gasteiger partial charge in [-0.05, 0) is 36.6 Å². The second-order valence-corrected chi connectivity index (χ2v) is 3.87. The highest BCUT2D eigenvalue weighted by atomic mass is 14.8. The van der Waals surface area contributed by atoms with Crippen molar-refractivity contribution in [2.45, 2.75) is 33.2 Å². The average molecular weight is 179 g/mol. The molecule has 0 amide bonds. The summed E-state index contributed by atoms with van der Waals surface area (Å²) in [5.41, 5.74) is 4.21. The van der Waals surface area contributed by atoms with E-state index in [-0.39, 0.29) is 1.43 Å². The maximum atomic E-state index is 3.17. The van der Waals surface area contributed by atoms with Crippen LogP contribution in [0.2, 0.25) is 0 Å². The molecule has 0 radical (unpaired) electrons. The summed E-state index contributed by atoms with van der Waals surface area (Å²) >= 11 is 0. The van der Waals surface area contributed by atoms with Crippen molar-refractivity contribution in [3.05, 3.63) is 34.9 Å². The zero-order chi connectivity index (χ0) is 9.84. The van der Waals surface area contributed by atoms with E-state index in [0.29, 0.717) is 5.92 Å². The van der Waals surface area contributed by atoms with Crippen LogP contribution in [0.3, 0.4) is 0 Å². The highest BCUT2D eigenvalue weighted by Gasteiger charge is 2.01. The van der Waals surface area contributed by atoms with Crippen molar-refractivity contribution in [3.8, 4) is 0 Å². The molecular weight excluding hydrogens is 158 g/mol. The molecule has 0 saturated heterocycles. The lowest BCUT2D eigenvalue weighted by molar-refractivity contribution is 0.806. The van der Waals surface area contributed by atoms with Crippen molar-refractivity contribution >= 4 is 0 Å². The number of aryl methyl sites for hydroxylation is 1. The molecule has 0 spiro atoms. The molecule has 13 heavy (non-hydrogen) atoms. The Morgan fingerprint density at radius 3 is 2.54 bits per heavy atom. The van der Waals surface area contributed by atoms with Gasteiger partial charge in [-0.1, -0.05) is 32.0 Å². The molecule has 0 bridgehead atoms. The number of hydrogen-bond acceptors (Lipinski definition) is 1. The molecule has 74 valence electrons. The number of nitrogens with one attached hydrogen (secondary N) is 1. The van der Waals surface area contributed by atoms with Gasteiger partial charge in [0, 0.05) is 7.97 Å². The smallest absolute Gasteiger partial charge is 0.0205 e.